The molecule has 1 aliphatic heterocycles. The lowest BCUT2D eigenvalue weighted by Gasteiger charge is -2.24. The van der Waals surface area contributed by atoms with Crippen LogP contribution in [0, 0.1) is 0 Å². The zero-order valence-corrected chi connectivity index (χ0v) is 13.6. The number of nitrogens with zero attached hydrogens (tertiary/aromatic N) is 1. The van der Waals surface area contributed by atoms with E-state index < -0.39 is 21.8 Å². The van der Waals surface area contributed by atoms with Gasteiger partial charge in [-0.3, -0.25) is 0 Å². The Labute approximate surface area is 134 Å². The fraction of sp³-hybridized carbons (Fsp3) is 0.538. The van der Waals surface area contributed by atoms with E-state index in [9.17, 15) is 21.6 Å². The average Bonchev–Trinajstić information content (AvgIpc) is 2.87. The summed E-state index contributed by atoms with van der Waals surface area (Å²) < 4.78 is 64.5. The van der Waals surface area contributed by atoms with Crippen LogP contribution in [-0.4, -0.2) is 38.9 Å². The normalized spacial score (nSPS) is 19.9. The molecule has 4 nitrogen and oxygen atoms in total. The predicted octanol–water partition coefficient (Wildman–Crippen LogP) is 2.50. The van der Waals surface area contributed by atoms with Crippen LogP contribution in [0.2, 0.25) is 0 Å². The second-order valence-electron chi connectivity index (χ2n) is 5.00. The van der Waals surface area contributed by atoms with Gasteiger partial charge in [0.15, 0.2) is 0 Å². The summed E-state index contributed by atoms with van der Waals surface area (Å²) in [7, 11) is -2.18. The number of likely N-dealkylation sites (N-methyl/N-ethyl adjacent to an activating group) is 1. The Morgan fingerprint density at radius 1 is 1.36 bits per heavy atom. The van der Waals surface area contributed by atoms with Crippen molar-refractivity contribution in [2.75, 3.05) is 20.1 Å². The summed E-state index contributed by atoms with van der Waals surface area (Å²) in [5.41, 5.74) is -0.951. The first-order chi connectivity index (χ1) is 9.76. The molecule has 0 saturated carbocycles. The van der Waals surface area contributed by atoms with Gasteiger partial charge >= 0.3 is 6.18 Å². The van der Waals surface area contributed by atoms with Crippen LogP contribution in [0.5, 0.6) is 0 Å². The molecule has 1 heterocycles. The summed E-state index contributed by atoms with van der Waals surface area (Å²) >= 11 is 0. The molecule has 1 aromatic rings. The Hall–Kier alpha value is -0.830. The Morgan fingerprint density at radius 3 is 2.64 bits per heavy atom. The highest BCUT2D eigenvalue weighted by molar-refractivity contribution is 7.89. The summed E-state index contributed by atoms with van der Waals surface area (Å²) in [6, 6.07) is 3.69. The lowest BCUT2D eigenvalue weighted by molar-refractivity contribution is -0.137. The zero-order chi connectivity index (χ0) is 15.7. The molecule has 1 atom stereocenters. The highest BCUT2D eigenvalue weighted by Gasteiger charge is 2.37. The van der Waals surface area contributed by atoms with Crippen molar-refractivity contribution in [2.45, 2.75) is 30.0 Å². The van der Waals surface area contributed by atoms with E-state index in [1.165, 1.54) is 10.4 Å². The minimum atomic E-state index is -4.55. The van der Waals surface area contributed by atoms with E-state index in [1.807, 2.05) is 0 Å². The zero-order valence-electron chi connectivity index (χ0n) is 11.9. The van der Waals surface area contributed by atoms with E-state index in [-0.39, 0.29) is 23.3 Å². The molecular weight excluding hydrogens is 341 g/mol. The SMILES string of the molecule is CNCC1CCCN1S(=O)(=O)c1cccc(C(F)(F)F)c1.Cl. The Balaban J connectivity index is 0.00000242. The Bertz CT molecular complexity index is 608. The van der Waals surface area contributed by atoms with E-state index in [0.717, 1.165) is 12.1 Å². The highest BCUT2D eigenvalue weighted by Crippen LogP contribution is 2.32. The molecule has 126 valence electrons. The van der Waals surface area contributed by atoms with Crippen LogP contribution in [0.1, 0.15) is 18.4 Å². The predicted molar refractivity (Wildman–Crippen MR) is 79.5 cm³/mol. The summed E-state index contributed by atoms with van der Waals surface area (Å²) in [6.45, 7) is 0.823. The molecule has 1 unspecified atom stereocenters. The first-order valence-electron chi connectivity index (χ1n) is 6.60. The molecule has 1 saturated heterocycles. The summed E-state index contributed by atoms with van der Waals surface area (Å²) in [5, 5.41) is 2.91. The lowest BCUT2D eigenvalue weighted by Crippen LogP contribution is -2.40. The van der Waals surface area contributed by atoms with Crippen LogP contribution in [-0.2, 0) is 16.2 Å². The smallest absolute Gasteiger partial charge is 0.318 e. The molecule has 0 radical (unpaired) electrons. The first-order valence-corrected chi connectivity index (χ1v) is 8.04. The third-order valence-corrected chi connectivity index (χ3v) is 5.48. The summed E-state index contributed by atoms with van der Waals surface area (Å²) in [6.07, 6.45) is -3.13. The standard InChI is InChI=1S/C13H17F3N2O2S.ClH/c1-17-9-11-5-3-7-18(11)21(19,20)12-6-2-4-10(8-12)13(14,15)16;/h2,4,6,8,11,17H,3,5,7,9H2,1H3;1H. The van der Waals surface area contributed by atoms with E-state index in [0.29, 0.717) is 32.0 Å². The minimum Gasteiger partial charge on any atom is -0.318 e. The minimum absolute atomic E-state index is 0. The number of sulfonamides is 1. The van der Waals surface area contributed by atoms with Crippen molar-refractivity contribution >= 4 is 22.4 Å². The molecule has 1 aromatic carbocycles. The van der Waals surface area contributed by atoms with E-state index in [1.54, 1.807) is 7.05 Å². The van der Waals surface area contributed by atoms with Crippen molar-refractivity contribution in [3.8, 4) is 0 Å². The number of rotatable bonds is 4. The molecule has 0 bridgehead atoms. The fourth-order valence-corrected chi connectivity index (χ4v) is 4.27. The van der Waals surface area contributed by atoms with Gasteiger partial charge in [0, 0.05) is 19.1 Å². The number of hydrogen-bond acceptors (Lipinski definition) is 3. The molecule has 0 amide bonds. The quantitative estimate of drug-likeness (QED) is 0.899. The van der Waals surface area contributed by atoms with Gasteiger partial charge in [-0.05, 0) is 38.1 Å². The van der Waals surface area contributed by atoms with Crippen LogP contribution < -0.4 is 5.32 Å². The molecule has 0 aliphatic carbocycles. The molecular formula is C13H18ClF3N2O2S. The van der Waals surface area contributed by atoms with Crippen LogP contribution in [0.4, 0.5) is 13.2 Å². The maximum absolute atomic E-state index is 12.7. The third kappa shape index (κ3) is 3.92. The van der Waals surface area contributed by atoms with E-state index in [2.05, 4.69) is 5.32 Å². The van der Waals surface area contributed by atoms with Gasteiger partial charge < -0.3 is 5.32 Å². The topological polar surface area (TPSA) is 49.4 Å². The fourth-order valence-electron chi connectivity index (χ4n) is 2.53. The number of benzene rings is 1. The van der Waals surface area contributed by atoms with Crippen LogP contribution in [0.15, 0.2) is 29.2 Å². The van der Waals surface area contributed by atoms with Gasteiger partial charge in [0.05, 0.1) is 10.5 Å². The average molecular weight is 359 g/mol. The van der Waals surface area contributed by atoms with Crippen molar-refractivity contribution in [1.29, 1.82) is 0 Å². The van der Waals surface area contributed by atoms with Gasteiger partial charge in [0.25, 0.3) is 0 Å². The van der Waals surface area contributed by atoms with Gasteiger partial charge in [-0.25, -0.2) is 8.42 Å². The van der Waals surface area contributed by atoms with Gasteiger partial charge in [-0.15, -0.1) is 12.4 Å². The highest BCUT2D eigenvalue weighted by atomic mass is 35.5. The number of hydrogen-bond donors (Lipinski definition) is 1. The largest absolute Gasteiger partial charge is 0.416 e. The van der Waals surface area contributed by atoms with Crippen molar-refractivity contribution < 1.29 is 21.6 Å². The maximum Gasteiger partial charge on any atom is 0.416 e. The monoisotopic (exact) mass is 358 g/mol. The second kappa shape index (κ2) is 7.16. The van der Waals surface area contributed by atoms with Crippen LogP contribution in [0.3, 0.4) is 0 Å². The van der Waals surface area contributed by atoms with Crippen molar-refractivity contribution in [3.63, 3.8) is 0 Å². The molecule has 22 heavy (non-hydrogen) atoms. The van der Waals surface area contributed by atoms with Crippen molar-refractivity contribution in [1.82, 2.24) is 9.62 Å². The van der Waals surface area contributed by atoms with Crippen LogP contribution >= 0.6 is 12.4 Å². The Kier molecular flexibility index (Phi) is 6.26. The van der Waals surface area contributed by atoms with Crippen molar-refractivity contribution in [3.05, 3.63) is 29.8 Å². The molecule has 1 aliphatic rings. The molecule has 0 spiro atoms. The van der Waals surface area contributed by atoms with Crippen LogP contribution in [0.25, 0.3) is 0 Å². The van der Waals surface area contributed by atoms with E-state index >= 15 is 0 Å². The van der Waals surface area contributed by atoms with E-state index in [4.69, 9.17) is 0 Å². The molecule has 1 N–H and O–H groups in total. The second-order valence-corrected chi connectivity index (χ2v) is 6.89. The number of nitrogens with one attached hydrogen (secondary N) is 1. The number of alkyl halides is 3. The Morgan fingerprint density at radius 2 is 2.05 bits per heavy atom. The maximum atomic E-state index is 12.7. The summed E-state index contributed by atoms with van der Waals surface area (Å²) in [4.78, 5) is -0.305. The number of halogens is 4. The van der Waals surface area contributed by atoms with Crippen molar-refractivity contribution in [2.24, 2.45) is 0 Å². The summed E-state index contributed by atoms with van der Waals surface area (Å²) in [5.74, 6) is 0. The first kappa shape index (κ1) is 19.2. The molecule has 9 heteroatoms. The third-order valence-electron chi connectivity index (χ3n) is 3.53. The molecule has 1 fully saturated rings. The van der Waals surface area contributed by atoms with Gasteiger partial charge in [0.2, 0.25) is 10.0 Å². The molecule has 0 aromatic heterocycles. The lowest BCUT2D eigenvalue weighted by atomic mass is 10.2. The van der Waals surface area contributed by atoms with Gasteiger partial charge in [-0.2, -0.15) is 17.5 Å². The van der Waals surface area contributed by atoms with Gasteiger partial charge in [0.1, 0.15) is 0 Å². The van der Waals surface area contributed by atoms with Gasteiger partial charge in [-0.1, -0.05) is 6.07 Å². The molecule has 2 rings (SSSR count).